The Bertz CT molecular complexity index is 1010. The molecule has 0 fully saturated rings. The first kappa shape index (κ1) is 20.4. The maximum atomic E-state index is 12.8. The number of hydrogen-bond donors (Lipinski definition) is 1. The molecule has 0 aliphatic heterocycles. The molecule has 1 N–H and O–H groups in total. The van der Waals surface area contributed by atoms with Crippen LogP contribution in [0.1, 0.15) is 31.1 Å². The number of para-hydroxylation sites is 1. The number of hydrogen-bond acceptors (Lipinski definition) is 3. The van der Waals surface area contributed by atoms with Crippen LogP contribution in [0.2, 0.25) is 0 Å². The van der Waals surface area contributed by atoms with Gasteiger partial charge in [-0.25, -0.2) is 0 Å². The summed E-state index contributed by atoms with van der Waals surface area (Å²) in [5.41, 5.74) is 0.963. The number of nitrogens with zero attached hydrogens (tertiary/aromatic N) is 1. The first-order chi connectivity index (χ1) is 14.0. The summed E-state index contributed by atoms with van der Waals surface area (Å²) in [6.07, 6.45) is -0.725. The summed E-state index contributed by atoms with van der Waals surface area (Å²) >= 11 is 0. The Kier molecular flexibility index (Phi) is 6.50. The molecule has 1 atom stereocenters. The van der Waals surface area contributed by atoms with Gasteiger partial charge in [0, 0.05) is 18.5 Å². The van der Waals surface area contributed by atoms with Crippen LogP contribution in [0, 0.1) is 0 Å². The van der Waals surface area contributed by atoms with Crippen LogP contribution in [0.3, 0.4) is 0 Å². The highest BCUT2D eigenvalue weighted by Crippen LogP contribution is 2.26. The van der Waals surface area contributed by atoms with E-state index in [4.69, 9.17) is 4.74 Å². The largest absolute Gasteiger partial charge is 0.480 e. The molecule has 0 bridgehead atoms. The minimum atomic E-state index is -0.725. The molecule has 0 radical (unpaired) electrons. The molecule has 29 heavy (non-hydrogen) atoms. The number of amides is 2. The fourth-order valence-corrected chi connectivity index (χ4v) is 3.24. The van der Waals surface area contributed by atoms with Gasteiger partial charge in [-0.1, -0.05) is 48.5 Å². The van der Waals surface area contributed by atoms with E-state index in [1.165, 1.54) is 0 Å². The third-order valence-electron chi connectivity index (χ3n) is 4.89. The number of benzene rings is 3. The fraction of sp³-hybridized carbons (Fsp3) is 0.250. The van der Waals surface area contributed by atoms with E-state index in [0.29, 0.717) is 30.1 Å². The van der Waals surface area contributed by atoms with Gasteiger partial charge in [0.2, 0.25) is 0 Å². The lowest BCUT2D eigenvalue weighted by molar-refractivity contribution is -0.122. The molecule has 3 rings (SSSR count). The highest BCUT2D eigenvalue weighted by atomic mass is 16.5. The van der Waals surface area contributed by atoms with E-state index in [9.17, 15) is 9.59 Å². The number of anilines is 1. The summed E-state index contributed by atoms with van der Waals surface area (Å²) in [5.74, 6) is 0.240. The number of ether oxygens (including phenoxy) is 1. The first-order valence-electron chi connectivity index (χ1n) is 9.88. The average Bonchev–Trinajstić information content (AvgIpc) is 2.75. The summed E-state index contributed by atoms with van der Waals surface area (Å²) in [6, 6.07) is 20.7. The lowest BCUT2D eigenvalue weighted by Crippen LogP contribution is -2.33. The van der Waals surface area contributed by atoms with E-state index >= 15 is 0 Å². The Hall–Kier alpha value is -3.34. The van der Waals surface area contributed by atoms with Gasteiger partial charge >= 0.3 is 0 Å². The summed E-state index contributed by atoms with van der Waals surface area (Å²) < 4.78 is 5.94. The van der Waals surface area contributed by atoms with E-state index in [1.54, 1.807) is 36.1 Å². The maximum Gasteiger partial charge on any atom is 0.265 e. The van der Waals surface area contributed by atoms with Crippen LogP contribution < -0.4 is 10.1 Å². The zero-order valence-electron chi connectivity index (χ0n) is 17.0. The minimum absolute atomic E-state index is 0.103. The molecule has 0 saturated carbocycles. The van der Waals surface area contributed by atoms with Crippen LogP contribution in [-0.4, -0.2) is 35.9 Å². The van der Waals surface area contributed by atoms with Crippen molar-refractivity contribution in [3.8, 4) is 5.75 Å². The van der Waals surface area contributed by atoms with Crippen LogP contribution in [0.5, 0.6) is 5.75 Å². The van der Waals surface area contributed by atoms with Crippen LogP contribution >= 0.6 is 0 Å². The first-order valence-corrected chi connectivity index (χ1v) is 9.88. The van der Waals surface area contributed by atoms with Crippen molar-refractivity contribution in [2.75, 3.05) is 18.4 Å². The predicted molar refractivity (Wildman–Crippen MR) is 116 cm³/mol. The maximum absolute atomic E-state index is 12.8. The molecule has 5 nitrogen and oxygen atoms in total. The molecule has 0 heterocycles. The molecule has 1 unspecified atom stereocenters. The van der Waals surface area contributed by atoms with Gasteiger partial charge in [0.05, 0.1) is 11.3 Å². The van der Waals surface area contributed by atoms with Crippen molar-refractivity contribution in [3.05, 3.63) is 72.3 Å². The van der Waals surface area contributed by atoms with Crippen molar-refractivity contribution < 1.29 is 14.3 Å². The molecule has 3 aromatic rings. The van der Waals surface area contributed by atoms with E-state index in [1.807, 2.05) is 56.3 Å². The third-order valence-corrected chi connectivity index (χ3v) is 4.89. The molecule has 0 aromatic heterocycles. The number of fused-ring (bicyclic) bond motifs is 1. The van der Waals surface area contributed by atoms with Crippen LogP contribution in [0.25, 0.3) is 10.8 Å². The summed E-state index contributed by atoms with van der Waals surface area (Å²) in [7, 11) is 0. The molecule has 150 valence electrons. The molecule has 0 aliphatic rings. The third kappa shape index (κ3) is 4.57. The predicted octanol–water partition coefficient (Wildman–Crippen LogP) is 4.73. The van der Waals surface area contributed by atoms with Crippen molar-refractivity contribution in [1.82, 2.24) is 4.90 Å². The van der Waals surface area contributed by atoms with Gasteiger partial charge in [-0.3, -0.25) is 9.59 Å². The van der Waals surface area contributed by atoms with Crippen molar-refractivity contribution in [2.24, 2.45) is 0 Å². The monoisotopic (exact) mass is 390 g/mol. The highest BCUT2D eigenvalue weighted by Gasteiger charge is 2.21. The molecule has 5 heteroatoms. The second-order valence-electron chi connectivity index (χ2n) is 6.75. The van der Waals surface area contributed by atoms with E-state index in [-0.39, 0.29) is 11.8 Å². The van der Waals surface area contributed by atoms with Crippen molar-refractivity contribution >= 4 is 28.3 Å². The van der Waals surface area contributed by atoms with Crippen LogP contribution in [0.15, 0.2) is 66.7 Å². The van der Waals surface area contributed by atoms with E-state index in [2.05, 4.69) is 5.32 Å². The smallest absolute Gasteiger partial charge is 0.265 e. The fourth-order valence-electron chi connectivity index (χ4n) is 3.24. The second-order valence-corrected chi connectivity index (χ2v) is 6.75. The normalized spacial score (nSPS) is 11.7. The lowest BCUT2D eigenvalue weighted by Gasteiger charge is -2.21. The molecular formula is C24H26N2O3. The highest BCUT2D eigenvalue weighted by molar-refractivity contribution is 6.04. The molecular weight excluding hydrogens is 364 g/mol. The molecule has 3 aromatic carbocycles. The van der Waals surface area contributed by atoms with E-state index in [0.717, 1.165) is 10.8 Å². The molecule has 2 amide bonds. The van der Waals surface area contributed by atoms with Gasteiger partial charge in [-0.2, -0.15) is 0 Å². The number of rotatable bonds is 7. The van der Waals surface area contributed by atoms with Crippen molar-refractivity contribution in [1.29, 1.82) is 0 Å². The van der Waals surface area contributed by atoms with Crippen molar-refractivity contribution in [3.63, 3.8) is 0 Å². The molecule has 0 aliphatic carbocycles. The Morgan fingerprint density at radius 1 is 0.931 bits per heavy atom. The molecule has 0 spiro atoms. The van der Waals surface area contributed by atoms with Gasteiger partial charge in [-0.15, -0.1) is 0 Å². The van der Waals surface area contributed by atoms with Crippen LogP contribution in [-0.2, 0) is 4.79 Å². The Morgan fingerprint density at radius 3 is 2.34 bits per heavy atom. The van der Waals surface area contributed by atoms with Gasteiger partial charge < -0.3 is 15.0 Å². The minimum Gasteiger partial charge on any atom is -0.480 e. The standard InChI is InChI=1S/C24H26N2O3/c1-4-26(5-2)24(28)20-14-8-9-15-21(20)25-23(27)17(3)29-22-16-10-12-18-11-6-7-13-19(18)22/h6-17H,4-5H2,1-3H3,(H,25,27). The quantitative estimate of drug-likeness (QED) is 0.635. The summed E-state index contributed by atoms with van der Waals surface area (Å²) in [4.78, 5) is 27.3. The zero-order chi connectivity index (χ0) is 20.8. The van der Waals surface area contributed by atoms with Gasteiger partial charge in [0.25, 0.3) is 11.8 Å². The number of nitrogens with one attached hydrogen (secondary N) is 1. The Labute approximate surface area is 171 Å². The Balaban J connectivity index is 1.77. The van der Waals surface area contributed by atoms with E-state index < -0.39 is 6.10 Å². The SMILES string of the molecule is CCN(CC)C(=O)c1ccccc1NC(=O)C(C)Oc1cccc2ccccc12. The zero-order valence-corrected chi connectivity index (χ0v) is 17.0. The van der Waals surface area contributed by atoms with Crippen LogP contribution in [0.4, 0.5) is 5.69 Å². The van der Waals surface area contributed by atoms with Gasteiger partial charge in [0.1, 0.15) is 5.75 Å². The summed E-state index contributed by atoms with van der Waals surface area (Å²) in [6.45, 7) is 6.79. The number of carbonyl (C=O) groups excluding carboxylic acids is 2. The number of carbonyl (C=O) groups is 2. The average molecular weight is 390 g/mol. The lowest BCUT2D eigenvalue weighted by atomic mass is 10.1. The topological polar surface area (TPSA) is 58.6 Å². The second kappa shape index (κ2) is 9.24. The van der Waals surface area contributed by atoms with Gasteiger partial charge in [0.15, 0.2) is 6.10 Å². The Morgan fingerprint density at radius 2 is 1.59 bits per heavy atom. The summed E-state index contributed by atoms with van der Waals surface area (Å²) in [5, 5.41) is 4.85. The molecule has 0 saturated heterocycles. The van der Waals surface area contributed by atoms with Gasteiger partial charge in [-0.05, 0) is 44.4 Å². The van der Waals surface area contributed by atoms with Crippen molar-refractivity contribution in [2.45, 2.75) is 26.9 Å².